The Morgan fingerprint density at radius 2 is 2.25 bits per heavy atom. The Bertz CT molecular complexity index is 571. The standard InChI is InChI=1S/C13H19FN2O3S/c1-2-16(8-10-5-6-19-9-10)20(17,18)13-4-3-11(15)7-12(13)14/h3-4,7,10H,2,5-6,8-9,15H2,1H3. The highest BCUT2D eigenvalue weighted by molar-refractivity contribution is 7.89. The summed E-state index contributed by atoms with van der Waals surface area (Å²) in [5.74, 6) is -0.646. The van der Waals surface area contributed by atoms with Gasteiger partial charge in [0.25, 0.3) is 0 Å². The number of anilines is 1. The van der Waals surface area contributed by atoms with Crippen molar-refractivity contribution in [2.45, 2.75) is 18.2 Å². The van der Waals surface area contributed by atoms with Crippen LogP contribution in [-0.4, -0.2) is 39.0 Å². The lowest BCUT2D eigenvalue weighted by Gasteiger charge is -2.23. The molecule has 1 unspecified atom stereocenters. The number of benzene rings is 1. The Hall–Kier alpha value is -1.18. The first-order chi connectivity index (χ1) is 9.45. The van der Waals surface area contributed by atoms with Crippen LogP contribution in [0.15, 0.2) is 23.1 Å². The van der Waals surface area contributed by atoms with E-state index in [9.17, 15) is 12.8 Å². The highest BCUT2D eigenvalue weighted by Gasteiger charge is 2.29. The molecule has 0 amide bonds. The molecule has 20 heavy (non-hydrogen) atoms. The molecule has 5 nitrogen and oxygen atoms in total. The monoisotopic (exact) mass is 302 g/mol. The fourth-order valence-corrected chi connectivity index (χ4v) is 3.85. The Balaban J connectivity index is 2.26. The number of sulfonamides is 1. The second-order valence-corrected chi connectivity index (χ2v) is 6.78. The van der Waals surface area contributed by atoms with Crippen LogP contribution in [0.2, 0.25) is 0 Å². The van der Waals surface area contributed by atoms with E-state index in [1.54, 1.807) is 6.92 Å². The van der Waals surface area contributed by atoms with Crippen LogP contribution in [0.5, 0.6) is 0 Å². The first kappa shape index (κ1) is 15.2. The van der Waals surface area contributed by atoms with Gasteiger partial charge in [0, 0.05) is 25.4 Å². The van der Waals surface area contributed by atoms with Gasteiger partial charge in [0.1, 0.15) is 10.7 Å². The summed E-state index contributed by atoms with van der Waals surface area (Å²) in [6.07, 6.45) is 0.830. The third-order valence-corrected chi connectivity index (χ3v) is 5.39. The lowest BCUT2D eigenvalue weighted by Crippen LogP contribution is -2.36. The third-order valence-electron chi connectivity index (χ3n) is 3.41. The van der Waals surface area contributed by atoms with Crippen molar-refractivity contribution in [3.05, 3.63) is 24.0 Å². The number of nitrogens with two attached hydrogens (primary N) is 1. The minimum Gasteiger partial charge on any atom is -0.399 e. The number of nitrogen functional groups attached to an aromatic ring is 1. The number of nitrogens with zero attached hydrogens (tertiary/aromatic N) is 1. The molecular formula is C13H19FN2O3S. The van der Waals surface area contributed by atoms with Gasteiger partial charge < -0.3 is 10.5 Å². The smallest absolute Gasteiger partial charge is 0.245 e. The highest BCUT2D eigenvalue weighted by atomic mass is 32.2. The van der Waals surface area contributed by atoms with E-state index >= 15 is 0 Å². The number of rotatable bonds is 5. The van der Waals surface area contributed by atoms with Gasteiger partial charge >= 0.3 is 0 Å². The van der Waals surface area contributed by atoms with E-state index in [2.05, 4.69) is 0 Å². The van der Waals surface area contributed by atoms with Crippen molar-refractivity contribution in [3.63, 3.8) is 0 Å². The lowest BCUT2D eigenvalue weighted by atomic mass is 10.1. The maximum Gasteiger partial charge on any atom is 0.245 e. The van der Waals surface area contributed by atoms with Crippen LogP contribution >= 0.6 is 0 Å². The van der Waals surface area contributed by atoms with Crippen molar-refractivity contribution >= 4 is 15.7 Å². The van der Waals surface area contributed by atoms with Crippen LogP contribution in [-0.2, 0) is 14.8 Å². The molecule has 1 aromatic carbocycles. The second kappa shape index (κ2) is 6.07. The van der Waals surface area contributed by atoms with Crippen LogP contribution < -0.4 is 5.73 Å². The number of ether oxygens (including phenoxy) is 1. The zero-order valence-electron chi connectivity index (χ0n) is 11.4. The predicted octanol–water partition coefficient (Wildman–Crippen LogP) is 1.45. The molecule has 7 heteroatoms. The van der Waals surface area contributed by atoms with E-state index in [1.165, 1.54) is 16.4 Å². The Morgan fingerprint density at radius 1 is 1.50 bits per heavy atom. The maximum atomic E-state index is 13.8. The molecule has 2 N–H and O–H groups in total. The van der Waals surface area contributed by atoms with Crippen LogP contribution in [0.1, 0.15) is 13.3 Å². The van der Waals surface area contributed by atoms with Crippen molar-refractivity contribution < 1.29 is 17.5 Å². The fraction of sp³-hybridized carbons (Fsp3) is 0.538. The summed E-state index contributed by atoms with van der Waals surface area (Å²) in [5, 5.41) is 0. The second-order valence-electron chi connectivity index (χ2n) is 4.88. The molecule has 0 bridgehead atoms. The molecule has 1 fully saturated rings. The van der Waals surface area contributed by atoms with Gasteiger partial charge in [0.05, 0.1) is 6.61 Å². The molecule has 0 radical (unpaired) electrons. The fourth-order valence-electron chi connectivity index (χ4n) is 2.28. The molecule has 1 saturated heterocycles. The normalized spacial score (nSPS) is 19.6. The summed E-state index contributed by atoms with van der Waals surface area (Å²) in [6, 6.07) is 3.63. The van der Waals surface area contributed by atoms with Crippen LogP contribution in [0.4, 0.5) is 10.1 Å². The molecule has 2 rings (SSSR count). The molecule has 112 valence electrons. The first-order valence-electron chi connectivity index (χ1n) is 6.58. The molecule has 1 heterocycles. The zero-order valence-corrected chi connectivity index (χ0v) is 12.2. The molecule has 1 aliphatic heterocycles. The summed E-state index contributed by atoms with van der Waals surface area (Å²) < 4.78 is 45.4. The Morgan fingerprint density at radius 3 is 2.80 bits per heavy atom. The molecule has 0 spiro atoms. The molecule has 0 saturated carbocycles. The summed E-state index contributed by atoms with van der Waals surface area (Å²) >= 11 is 0. The van der Waals surface area contributed by atoms with Gasteiger partial charge in [-0.3, -0.25) is 0 Å². The highest BCUT2D eigenvalue weighted by Crippen LogP contribution is 2.23. The van der Waals surface area contributed by atoms with Crippen LogP contribution in [0.3, 0.4) is 0 Å². The van der Waals surface area contributed by atoms with Gasteiger partial charge in [-0.05, 0) is 30.5 Å². The number of halogens is 1. The molecule has 1 atom stereocenters. The van der Waals surface area contributed by atoms with Gasteiger partial charge in [0.2, 0.25) is 10.0 Å². The zero-order chi connectivity index (χ0) is 14.8. The molecular weight excluding hydrogens is 283 g/mol. The van der Waals surface area contributed by atoms with E-state index in [4.69, 9.17) is 10.5 Å². The summed E-state index contributed by atoms with van der Waals surface area (Å²) in [5.41, 5.74) is 5.65. The number of hydrogen-bond donors (Lipinski definition) is 1. The summed E-state index contributed by atoms with van der Waals surface area (Å²) in [6.45, 7) is 3.59. The molecule has 0 aromatic heterocycles. The van der Waals surface area contributed by atoms with Crippen LogP contribution in [0.25, 0.3) is 0 Å². The van der Waals surface area contributed by atoms with Crippen molar-refractivity contribution in [1.29, 1.82) is 0 Å². The van der Waals surface area contributed by atoms with E-state index < -0.39 is 15.8 Å². The minimum absolute atomic E-state index is 0.168. The van der Waals surface area contributed by atoms with E-state index in [0.717, 1.165) is 12.5 Å². The topological polar surface area (TPSA) is 72.6 Å². The molecule has 1 aliphatic rings. The average molecular weight is 302 g/mol. The third kappa shape index (κ3) is 3.11. The summed E-state index contributed by atoms with van der Waals surface area (Å²) in [4.78, 5) is -0.326. The van der Waals surface area contributed by atoms with E-state index in [-0.39, 0.29) is 16.5 Å². The van der Waals surface area contributed by atoms with Crippen LogP contribution in [0, 0.1) is 11.7 Å². The van der Waals surface area contributed by atoms with Gasteiger partial charge in [0.15, 0.2) is 0 Å². The molecule has 1 aromatic rings. The SMILES string of the molecule is CCN(CC1CCOC1)S(=O)(=O)c1ccc(N)cc1F. The predicted molar refractivity (Wildman–Crippen MR) is 74.2 cm³/mol. The summed E-state index contributed by atoms with van der Waals surface area (Å²) in [7, 11) is -3.84. The van der Waals surface area contributed by atoms with E-state index in [0.29, 0.717) is 26.3 Å². The Labute approximate surface area is 118 Å². The van der Waals surface area contributed by atoms with Gasteiger partial charge in [-0.1, -0.05) is 6.92 Å². The first-order valence-corrected chi connectivity index (χ1v) is 8.02. The quantitative estimate of drug-likeness (QED) is 0.836. The van der Waals surface area contributed by atoms with Gasteiger partial charge in [-0.2, -0.15) is 4.31 Å². The Kier molecular flexibility index (Phi) is 4.62. The van der Waals surface area contributed by atoms with E-state index in [1.807, 2.05) is 0 Å². The van der Waals surface area contributed by atoms with Gasteiger partial charge in [-0.25, -0.2) is 12.8 Å². The van der Waals surface area contributed by atoms with Crippen molar-refractivity contribution in [1.82, 2.24) is 4.31 Å². The number of hydrogen-bond acceptors (Lipinski definition) is 4. The maximum absolute atomic E-state index is 13.8. The van der Waals surface area contributed by atoms with Crippen molar-refractivity contribution in [2.75, 3.05) is 32.0 Å². The van der Waals surface area contributed by atoms with Crippen molar-refractivity contribution in [2.24, 2.45) is 5.92 Å². The van der Waals surface area contributed by atoms with Gasteiger partial charge in [-0.15, -0.1) is 0 Å². The molecule has 0 aliphatic carbocycles. The lowest BCUT2D eigenvalue weighted by molar-refractivity contribution is 0.180. The minimum atomic E-state index is -3.84. The largest absolute Gasteiger partial charge is 0.399 e. The van der Waals surface area contributed by atoms with Crippen molar-refractivity contribution in [3.8, 4) is 0 Å². The average Bonchev–Trinajstić information content (AvgIpc) is 2.88.